The Morgan fingerprint density at radius 2 is 2.29 bits per heavy atom. The molecule has 0 unspecified atom stereocenters. The first-order chi connectivity index (χ1) is 8.25. The molecule has 17 heavy (non-hydrogen) atoms. The highest BCUT2D eigenvalue weighted by molar-refractivity contribution is 9.10. The lowest BCUT2D eigenvalue weighted by atomic mass is 10.2. The summed E-state index contributed by atoms with van der Waals surface area (Å²) in [4.78, 5) is 4.05. The molecule has 4 nitrogen and oxygen atoms in total. The maximum Gasteiger partial charge on any atom is 0.137 e. The highest BCUT2D eigenvalue weighted by Crippen LogP contribution is 2.22. The van der Waals surface area contributed by atoms with Gasteiger partial charge in [0.2, 0.25) is 0 Å². The van der Waals surface area contributed by atoms with E-state index >= 15 is 0 Å². The molecule has 0 saturated heterocycles. The monoisotopic (exact) mass is 314 g/mol. The summed E-state index contributed by atoms with van der Waals surface area (Å²) < 4.78 is 0.925. The summed E-state index contributed by atoms with van der Waals surface area (Å²) in [5.41, 5.74) is 1.19. The van der Waals surface area contributed by atoms with Gasteiger partial charge in [0.25, 0.3) is 0 Å². The fourth-order valence-corrected chi connectivity index (χ4v) is 1.98. The molecule has 0 bridgehead atoms. The molecular weight excluding hydrogens is 304 g/mol. The zero-order valence-electron chi connectivity index (χ0n) is 9.08. The van der Waals surface area contributed by atoms with Crippen LogP contribution in [0.25, 0.3) is 0 Å². The summed E-state index contributed by atoms with van der Waals surface area (Å²) in [6.45, 7) is 1.67. The van der Waals surface area contributed by atoms with Crippen LogP contribution in [0.1, 0.15) is 11.4 Å². The molecule has 0 radical (unpaired) electrons. The van der Waals surface area contributed by atoms with Crippen molar-refractivity contribution in [3.05, 3.63) is 45.4 Å². The lowest BCUT2D eigenvalue weighted by Crippen LogP contribution is -2.17. The van der Waals surface area contributed by atoms with Gasteiger partial charge in [-0.2, -0.15) is 5.10 Å². The van der Waals surface area contributed by atoms with Crippen molar-refractivity contribution in [1.82, 2.24) is 20.5 Å². The molecule has 0 saturated carbocycles. The van der Waals surface area contributed by atoms with E-state index in [1.165, 1.54) is 11.9 Å². The number of rotatable bonds is 5. The quantitative estimate of drug-likeness (QED) is 0.834. The second-order valence-electron chi connectivity index (χ2n) is 3.61. The van der Waals surface area contributed by atoms with Crippen LogP contribution in [-0.2, 0) is 13.0 Å². The molecule has 90 valence electrons. The molecule has 1 heterocycles. The Kier molecular flexibility index (Phi) is 4.53. The largest absolute Gasteiger partial charge is 0.312 e. The van der Waals surface area contributed by atoms with Gasteiger partial charge in [0.05, 0.1) is 5.02 Å². The predicted molar refractivity (Wildman–Crippen MR) is 70.9 cm³/mol. The summed E-state index contributed by atoms with van der Waals surface area (Å²) in [6, 6.07) is 5.91. The zero-order chi connectivity index (χ0) is 12.1. The second kappa shape index (κ2) is 6.14. The maximum atomic E-state index is 5.92. The molecule has 0 aliphatic rings. The van der Waals surface area contributed by atoms with Gasteiger partial charge in [-0.05, 0) is 33.6 Å². The van der Waals surface area contributed by atoms with E-state index in [2.05, 4.69) is 36.4 Å². The van der Waals surface area contributed by atoms with Crippen LogP contribution in [-0.4, -0.2) is 21.7 Å². The standard InChI is InChI=1S/C11H12BrClN4/c12-9-5-8(1-2-10(9)13)6-14-4-3-11-15-7-16-17-11/h1-2,5,7,14H,3-4,6H2,(H,15,16,17). The number of nitrogens with one attached hydrogen (secondary N) is 2. The Bertz CT molecular complexity index is 472. The van der Waals surface area contributed by atoms with E-state index in [1.807, 2.05) is 18.2 Å². The van der Waals surface area contributed by atoms with Gasteiger partial charge in [0.15, 0.2) is 0 Å². The highest BCUT2D eigenvalue weighted by Gasteiger charge is 1.99. The number of benzene rings is 1. The molecule has 0 fully saturated rings. The van der Waals surface area contributed by atoms with Crippen molar-refractivity contribution in [2.45, 2.75) is 13.0 Å². The average Bonchev–Trinajstić information content (AvgIpc) is 2.82. The number of aromatic nitrogens is 3. The Balaban J connectivity index is 1.76. The summed E-state index contributed by atoms with van der Waals surface area (Å²) in [5.74, 6) is 0.898. The first-order valence-corrected chi connectivity index (χ1v) is 6.41. The fourth-order valence-electron chi connectivity index (χ4n) is 1.44. The summed E-state index contributed by atoms with van der Waals surface area (Å²) in [6.07, 6.45) is 2.36. The third-order valence-corrected chi connectivity index (χ3v) is 3.53. The first kappa shape index (κ1) is 12.5. The van der Waals surface area contributed by atoms with Gasteiger partial charge in [-0.25, -0.2) is 4.98 Å². The molecule has 0 aliphatic carbocycles. The Morgan fingerprint density at radius 1 is 1.41 bits per heavy atom. The van der Waals surface area contributed by atoms with E-state index in [4.69, 9.17) is 11.6 Å². The number of hydrogen-bond donors (Lipinski definition) is 2. The molecule has 0 aliphatic heterocycles. The zero-order valence-corrected chi connectivity index (χ0v) is 11.4. The van der Waals surface area contributed by atoms with Crippen LogP contribution in [0.2, 0.25) is 5.02 Å². The molecule has 6 heteroatoms. The smallest absolute Gasteiger partial charge is 0.137 e. The van der Waals surface area contributed by atoms with E-state index < -0.39 is 0 Å². The third kappa shape index (κ3) is 3.80. The van der Waals surface area contributed by atoms with E-state index in [1.54, 1.807) is 0 Å². The predicted octanol–water partition coefficient (Wildman–Crippen LogP) is 2.55. The molecule has 2 rings (SSSR count). The van der Waals surface area contributed by atoms with Gasteiger partial charge >= 0.3 is 0 Å². The number of aromatic amines is 1. The van der Waals surface area contributed by atoms with Crippen molar-refractivity contribution in [2.75, 3.05) is 6.54 Å². The summed E-state index contributed by atoms with van der Waals surface area (Å²) >= 11 is 9.33. The van der Waals surface area contributed by atoms with Gasteiger partial charge in [0.1, 0.15) is 12.2 Å². The van der Waals surface area contributed by atoms with Gasteiger partial charge < -0.3 is 5.32 Å². The van der Waals surface area contributed by atoms with Gasteiger partial charge in [-0.3, -0.25) is 5.10 Å². The van der Waals surface area contributed by atoms with Crippen LogP contribution < -0.4 is 5.32 Å². The minimum Gasteiger partial charge on any atom is -0.312 e. The average molecular weight is 316 g/mol. The second-order valence-corrected chi connectivity index (χ2v) is 4.87. The van der Waals surface area contributed by atoms with Crippen LogP contribution in [0.4, 0.5) is 0 Å². The summed E-state index contributed by atoms with van der Waals surface area (Å²) in [5, 5.41) is 10.7. The molecule has 2 N–H and O–H groups in total. The normalized spacial score (nSPS) is 10.7. The third-order valence-electron chi connectivity index (χ3n) is 2.32. The lowest BCUT2D eigenvalue weighted by Gasteiger charge is -2.05. The molecule has 1 aromatic heterocycles. The molecule has 0 atom stereocenters. The molecule has 0 amide bonds. The van der Waals surface area contributed by atoms with Gasteiger partial charge in [-0.1, -0.05) is 17.7 Å². The van der Waals surface area contributed by atoms with Crippen molar-refractivity contribution < 1.29 is 0 Å². The number of halogens is 2. The summed E-state index contributed by atoms with van der Waals surface area (Å²) in [7, 11) is 0. The van der Waals surface area contributed by atoms with Gasteiger partial charge in [-0.15, -0.1) is 0 Å². The number of nitrogens with zero attached hydrogens (tertiary/aromatic N) is 2. The molecule has 0 spiro atoms. The van der Waals surface area contributed by atoms with Crippen LogP contribution in [0.15, 0.2) is 29.0 Å². The van der Waals surface area contributed by atoms with E-state index in [0.717, 1.165) is 34.8 Å². The van der Waals surface area contributed by atoms with Crippen LogP contribution >= 0.6 is 27.5 Å². The minimum atomic E-state index is 0.732. The number of hydrogen-bond acceptors (Lipinski definition) is 3. The van der Waals surface area contributed by atoms with Crippen LogP contribution in [0, 0.1) is 0 Å². The van der Waals surface area contributed by atoms with Gasteiger partial charge in [0, 0.05) is 24.0 Å². The lowest BCUT2D eigenvalue weighted by molar-refractivity contribution is 0.671. The van der Waals surface area contributed by atoms with Crippen molar-refractivity contribution >= 4 is 27.5 Å². The van der Waals surface area contributed by atoms with Crippen molar-refractivity contribution in [2.24, 2.45) is 0 Å². The topological polar surface area (TPSA) is 53.6 Å². The fraction of sp³-hybridized carbons (Fsp3) is 0.273. The van der Waals surface area contributed by atoms with E-state index in [-0.39, 0.29) is 0 Å². The van der Waals surface area contributed by atoms with Crippen molar-refractivity contribution in [1.29, 1.82) is 0 Å². The SMILES string of the molecule is Clc1ccc(CNCCc2ncn[nH]2)cc1Br. The maximum absolute atomic E-state index is 5.92. The number of H-pyrrole nitrogens is 1. The first-order valence-electron chi connectivity index (χ1n) is 5.24. The van der Waals surface area contributed by atoms with Crippen molar-refractivity contribution in [3.63, 3.8) is 0 Å². The van der Waals surface area contributed by atoms with Crippen LogP contribution in [0.3, 0.4) is 0 Å². The minimum absolute atomic E-state index is 0.732. The van der Waals surface area contributed by atoms with E-state index in [0.29, 0.717) is 0 Å². The molecule has 2 aromatic rings. The van der Waals surface area contributed by atoms with Crippen LogP contribution in [0.5, 0.6) is 0 Å². The van der Waals surface area contributed by atoms with Crippen molar-refractivity contribution in [3.8, 4) is 0 Å². The van der Waals surface area contributed by atoms with E-state index in [9.17, 15) is 0 Å². The Morgan fingerprint density at radius 3 is 3.00 bits per heavy atom. The Hall–Kier alpha value is -0.910. The Labute approximate surface area is 113 Å². The highest BCUT2D eigenvalue weighted by atomic mass is 79.9. The molecular formula is C11H12BrClN4. The molecule has 1 aromatic carbocycles.